The Kier molecular flexibility index (Phi) is 6.76. The van der Waals surface area contributed by atoms with Crippen molar-refractivity contribution in [3.63, 3.8) is 0 Å². The highest BCUT2D eigenvalue weighted by molar-refractivity contribution is 5.90. The highest BCUT2D eigenvalue weighted by Crippen LogP contribution is 2.20. The molecule has 5 rings (SSSR count). The van der Waals surface area contributed by atoms with E-state index in [1.54, 1.807) is 48.8 Å². The van der Waals surface area contributed by atoms with Crippen LogP contribution in [0.15, 0.2) is 67.0 Å². The number of nitrogens with zero attached hydrogens (tertiary/aromatic N) is 6. The first kappa shape index (κ1) is 23.3. The van der Waals surface area contributed by atoms with Crippen LogP contribution in [0, 0.1) is 6.92 Å². The first-order chi connectivity index (χ1) is 17.5. The van der Waals surface area contributed by atoms with E-state index in [1.807, 2.05) is 32.2 Å². The van der Waals surface area contributed by atoms with Crippen molar-refractivity contribution in [3.8, 4) is 11.5 Å². The predicted molar refractivity (Wildman–Crippen MR) is 136 cm³/mol. The zero-order valence-corrected chi connectivity index (χ0v) is 20.0. The van der Waals surface area contributed by atoms with Crippen molar-refractivity contribution in [2.75, 3.05) is 30.8 Å². The van der Waals surface area contributed by atoms with Crippen molar-refractivity contribution in [1.82, 2.24) is 29.8 Å². The number of likely N-dealkylation sites (tertiary alicyclic amines) is 1. The number of esters is 1. The lowest BCUT2D eigenvalue weighted by Crippen LogP contribution is -2.22. The van der Waals surface area contributed by atoms with Crippen LogP contribution in [-0.4, -0.2) is 62.0 Å². The third kappa shape index (κ3) is 5.78. The van der Waals surface area contributed by atoms with Crippen molar-refractivity contribution in [2.24, 2.45) is 0 Å². The summed E-state index contributed by atoms with van der Waals surface area (Å²) in [4.78, 5) is 36.7. The number of hydrogen-bond acceptors (Lipinski definition) is 10. The van der Waals surface area contributed by atoms with Crippen molar-refractivity contribution >= 4 is 29.2 Å². The van der Waals surface area contributed by atoms with Gasteiger partial charge in [-0.2, -0.15) is 4.98 Å². The molecule has 0 radical (unpaired) electrons. The summed E-state index contributed by atoms with van der Waals surface area (Å²) in [5.41, 5.74) is 2.85. The number of rotatable bonds is 7. The van der Waals surface area contributed by atoms with Crippen molar-refractivity contribution in [2.45, 2.75) is 19.4 Å². The summed E-state index contributed by atoms with van der Waals surface area (Å²) < 4.78 is 5.59. The SMILES string of the molecule is Cc1cccc(-c2nccc(Nc3ccnc(Nc4ccc(C(=O)O[C@@H]5CCN(C)C5)cc4)n3)n2)n1. The minimum atomic E-state index is -0.311. The molecule has 0 saturated carbocycles. The Hall–Kier alpha value is -4.44. The smallest absolute Gasteiger partial charge is 0.338 e. The van der Waals surface area contributed by atoms with Gasteiger partial charge in [-0.15, -0.1) is 0 Å². The van der Waals surface area contributed by atoms with E-state index in [4.69, 9.17) is 4.74 Å². The highest BCUT2D eigenvalue weighted by Gasteiger charge is 2.23. The summed E-state index contributed by atoms with van der Waals surface area (Å²) in [6, 6.07) is 16.3. The number of ether oxygens (including phenoxy) is 1. The molecule has 10 nitrogen and oxygen atoms in total. The normalized spacial score (nSPS) is 15.4. The lowest BCUT2D eigenvalue weighted by Gasteiger charge is -2.12. The number of nitrogens with one attached hydrogen (secondary N) is 2. The summed E-state index contributed by atoms with van der Waals surface area (Å²) in [6.07, 6.45) is 4.13. The molecule has 0 unspecified atom stereocenters. The van der Waals surface area contributed by atoms with E-state index >= 15 is 0 Å². The number of benzene rings is 1. The molecule has 10 heteroatoms. The molecule has 36 heavy (non-hydrogen) atoms. The van der Waals surface area contributed by atoms with Crippen molar-refractivity contribution in [3.05, 3.63) is 78.2 Å². The van der Waals surface area contributed by atoms with Crippen LogP contribution in [0.3, 0.4) is 0 Å². The molecule has 4 aromatic rings. The second-order valence-electron chi connectivity index (χ2n) is 8.60. The number of anilines is 4. The summed E-state index contributed by atoms with van der Waals surface area (Å²) in [7, 11) is 2.02. The summed E-state index contributed by atoms with van der Waals surface area (Å²) >= 11 is 0. The number of aryl methyl sites for hydroxylation is 1. The number of aromatic nitrogens is 5. The van der Waals surface area contributed by atoms with Gasteiger partial charge in [-0.05, 0) is 68.9 Å². The maximum atomic E-state index is 12.4. The standard InChI is InChI=1S/C26H26N8O2/c1-17-4-3-5-21(29-17)24-27-13-10-22(32-24)31-23-11-14-28-26(33-23)30-19-8-6-18(7-9-19)25(35)36-20-12-15-34(2)16-20/h3-11,13-14,20H,12,15-16H2,1-2H3,(H2,27,28,30,31,32,33)/t20-/m1/s1. The van der Waals surface area contributed by atoms with Gasteiger partial charge in [0.1, 0.15) is 23.4 Å². The first-order valence-electron chi connectivity index (χ1n) is 11.7. The van der Waals surface area contributed by atoms with Crippen LogP contribution in [0.25, 0.3) is 11.5 Å². The highest BCUT2D eigenvalue weighted by atomic mass is 16.5. The van der Waals surface area contributed by atoms with Gasteiger partial charge >= 0.3 is 5.97 Å². The maximum absolute atomic E-state index is 12.4. The monoisotopic (exact) mass is 482 g/mol. The molecule has 3 aromatic heterocycles. The molecule has 0 bridgehead atoms. The van der Waals surface area contributed by atoms with Gasteiger partial charge in [0.2, 0.25) is 5.95 Å². The quantitative estimate of drug-likeness (QED) is 0.374. The molecule has 0 spiro atoms. The van der Waals surface area contributed by atoms with Crippen LogP contribution in [-0.2, 0) is 4.74 Å². The Morgan fingerprint density at radius 1 is 0.944 bits per heavy atom. The zero-order chi connectivity index (χ0) is 24.9. The maximum Gasteiger partial charge on any atom is 0.338 e. The van der Waals surface area contributed by atoms with E-state index in [-0.39, 0.29) is 12.1 Å². The molecule has 1 atom stereocenters. The Balaban J connectivity index is 1.23. The topological polar surface area (TPSA) is 118 Å². The van der Waals surface area contributed by atoms with E-state index in [2.05, 4.69) is 40.5 Å². The van der Waals surface area contributed by atoms with Crippen LogP contribution in [0.2, 0.25) is 0 Å². The minimum Gasteiger partial charge on any atom is -0.457 e. The lowest BCUT2D eigenvalue weighted by atomic mass is 10.2. The van der Waals surface area contributed by atoms with Crippen LogP contribution in [0.1, 0.15) is 22.5 Å². The molecule has 0 amide bonds. The van der Waals surface area contributed by atoms with E-state index in [9.17, 15) is 4.79 Å². The molecule has 182 valence electrons. The Bertz CT molecular complexity index is 1360. The molecule has 1 fully saturated rings. The first-order valence-corrected chi connectivity index (χ1v) is 11.7. The molecule has 0 aliphatic carbocycles. The average Bonchev–Trinajstić information content (AvgIpc) is 3.29. The Morgan fingerprint density at radius 3 is 2.47 bits per heavy atom. The van der Waals surface area contributed by atoms with Crippen LogP contribution >= 0.6 is 0 Å². The van der Waals surface area contributed by atoms with Crippen LogP contribution < -0.4 is 10.6 Å². The molecule has 1 saturated heterocycles. The van der Waals surface area contributed by atoms with E-state index < -0.39 is 0 Å². The summed E-state index contributed by atoms with van der Waals surface area (Å²) in [5, 5.41) is 6.34. The fourth-order valence-corrected chi connectivity index (χ4v) is 3.87. The van der Waals surface area contributed by atoms with Crippen LogP contribution in [0.5, 0.6) is 0 Å². The van der Waals surface area contributed by atoms with Gasteiger partial charge in [-0.3, -0.25) is 0 Å². The van der Waals surface area contributed by atoms with Crippen molar-refractivity contribution < 1.29 is 9.53 Å². The van der Waals surface area contributed by atoms with Crippen LogP contribution in [0.4, 0.5) is 23.3 Å². The predicted octanol–water partition coefficient (Wildman–Crippen LogP) is 3.99. The third-order valence-corrected chi connectivity index (χ3v) is 5.68. The molecule has 1 aromatic carbocycles. The van der Waals surface area contributed by atoms with E-state index in [0.29, 0.717) is 34.7 Å². The van der Waals surface area contributed by atoms with Gasteiger partial charge in [-0.25, -0.2) is 24.7 Å². The summed E-state index contributed by atoms with van der Waals surface area (Å²) in [5.74, 6) is 1.77. The van der Waals surface area contributed by atoms with Gasteiger partial charge < -0.3 is 20.3 Å². The second kappa shape index (κ2) is 10.4. The fraction of sp³-hybridized carbons (Fsp3) is 0.231. The fourth-order valence-electron chi connectivity index (χ4n) is 3.87. The van der Waals surface area contributed by atoms with Gasteiger partial charge in [-0.1, -0.05) is 6.07 Å². The largest absolute Gasteiger partial charge is 0.457 e. The van der Waals surface area contributed by atoms with E-state index in [1.165, 1.54) is 0 Å². The summed E-state index contributed by atoms with van der Waals surface area (Å²) in [6.45, 7) is 3.64. The molecule has 2 N–H and O–H groups in total. The minimum absolute atomic E-state index is 0.0528. The molecular formula is C26H26N8O2. The van der Waals surface area contributed by atoms with Gasteiger partial charge in [0.25, 0.3) is 0 Å². The Morgan fingerprint density at radius 2 is 1.72 bits per heavy atom. The number of carbonyl (C=O) groups excluding carboxylic acids is 1. The number of hydrogen-bond donors (Lipinski definition) is 2. The molecule has 4 heterocycles. The Labute approximate surface area is 208 Å². The molecular weight excluding hydrogens is 456 g/mol. The van der Waals surface area contributed by atoms with Gasteiger partial charge in [0.15, 0.2) is 5.82 Å². The second-order valence-corrected chi connectivity index (χ2v) is 8.60. The van der Waals surface area contributed by atoms with Crippen molar-refractivity contribution in [1.29, 1.82) is 0 Å². The number of pyridine rings is 1. The number of likely N-dealkylation sites (N-methyl/N-ethyl adjacent to an activating group) is 1. The molecule has 1 aliphatic rings. The third-order valence-electron chi connectivity index (χ3n) is 5.68. The van der Waals surface area contributed by atoms with E-state index in [0.717, 1.165) is 30.9 Å². The molecule has 1 aliphatic heterocycles. The number of carbonyl (C=O) groups is 1. The van der Waals surface area contributed by atoms with Gasteiger partial charge in [0.05, 0.1) is 5.56 Å². The van der Waals surface area contributed by atoms with Gasteiger partial charge in [0, 0.05) is 36.9 Å². The zero-order valence-electron chi connectivity index (χ0n) is 20.0. The average molecular weight is 483 g/mol. The lowest BCUT2D eigenvalue weighted by molar-refractivity contribution is 0.0327.